The Bertz CT molecular complexity index is 1740. The van der Waals surface area contributed by atoms with Crippen molar-refractivity contribution in [1.82, 2.24) is 19.9 Å². The number of hydrogen-bond donors (Lipinski definition) is 1. The molecule has 2 aromatic heterocycles. The Kier molecular flexibility index (Phi) is 7.47. The third-order valence-corrected chi connectivity index (χ3v) is 8.21. The molecule has 41 heavy (non-hydrogen) atoms. The first-order valence-corrected chi connectivity index (χ1v) is 14.2. The van der Waals surface area contributed by atoms with Crippen molar-refractivity contribution >= 4 is 32.7 Å². The first kappa shape index (κ1) is 26.6. The van der Waals surface area contributed by atoms with Crippen LogP contribution in [0.1, 0.15) is 24.0 Å². The highest BCUT2D eigenvalue weighted by Crippen LogP contribution is 2.33. The number of carbonyl (C=O) groups excluding carboxylic acids is 1. The van der Waals surface area contributed by atoms with E-state index in [2.05, 4.69) is 5.32 Å². The topological polar surface area (TPSA) is 89.3 Å². The van der Waals surface area contributed by atoms with Gasteiger partial charge in [-0.05, 0) is 60.4 Å². The van der Waals surface area contributed by atoms with Crippen molar-refractivity contribution in [2.75, 3.05) is 18.6 Å². The number of rotatable bonds is 8. The number of hydrogen-bond acceptors (Lipinski definition) is 7. The molecule has 1 unspecified atom stereocenters. The minimum absolute atomic E-state index is 0.0671. The third-order valence-electron chi connectivity index (χ3n) is 7.22. The van der Waals surface area contributed by atoms with Gasteiger partial charge in [0.25, 0.3) is 5.56 Å². The van der Waals surface area contributed by atoms with E-state index >= 15 is 0 Å². The Labute approximate surface area is 240 Å². The summed E-state index contributed by atoms with van der Waals surface area (Å²) < 4.78 is 20.6. The Hall–Kier alpha value is -4.57. The zero-order valence-corrected chi connectivity index (χ0v) is 23.2. The van der Waals surface area contributed by atoms with Crippen LogP contribution in [0.25, 0.3) is 21.7 Å². The van der Waals surface area contributed by atoms with Gasteiger partial charge in [0.05, 0.1) is 13.7 Å². The standard InChI is InChI=1S/C31H28FN5O3S/c1-40-24-15-9-21(10-16-24)19-37-27(22-11-13-23(32)14-12-22)35-29-26(30(37)39)34-31(41-29)36-17-5-8-25(36)28(38)33-18-20-6-3-2-4-7-20/h2-4,6-7,9-16,25H,5,8,17-19H2,1H3,(H,33,38). The fraction of sp³-hybridized carbons (Fsp3) is 0.226. The summed E-state index contributed by atoms with van der Waals surface area (Å²) in [6, 6.07) is 22.8. The van der Waals surface area contributed by atoms with Crippen molar-refractivity contribution in [2.45, 2.75) is 32.0 Å². The van der Waals surface area contributed by atoms with Crippen molar-refractivity contribution in [3.05, 3.63) is 106 Å². The summed E-state index contributed by atoms with van der Waals surface area (Å²) in [5.41, 5.74) is 2.48. The summed E-state index contributed by atoms with van der Waals surface area (Å²) in [6.45, 7) is 1.36. The lowest BCUT2D eigenvalue weighted by molar-refractivity contribution is -0.122. The number of nitrogens with one attached hydrogen (secondary N) is 1. The number of aromatic nitrogens is 3. The monoisotopic (exact) mass is 569 g/mol. The maximum Gasteiger partial charge on any atom is 0.281 e. The van der Waals surface area contributed by atoms with Gasteiger partial charge >= 0.3 is 0 Å². The van der Waals surface area contributed by atoms with E-state index in [0.29, 0.717) is 46.6 Å². The van der Waals surface area contributed by atoms with Gasteiger partial charge in [0.2, 0.25) is 5.91 Å². The maximum atomic E-state index is 13.9. The van der Waals surface area contributed by atoms with Gasteiger partial charge in [0, 0.05) is 18.7 Å². The molecule has 6 rings (SSSR count). The van der Waals surface area contributed by atoms with E-state index in [1.54, 1.807) is 23.8 Å². The number of fused-ring (bicyclic) bond motifs is 1. The van der Waals surface area contributed by atoms with Gasteiger partial charge in [0.15, 0.2) is 15.5 Å². The van der Waals surface area contributed by atoms with E-state index in [9.17, 15) is 14.0 Å². The lowest BCUT2D eigenvalue weighted by Gasteiger charge is -2.23. The normalized spacial score (nSPS) is 14.9. The number of carbonyl (C=O) groups is 1. The first-order valence-electron chi connectivity index (χ1n) is 13.4. The molecule has 0 aliphatic carbocycles. The quantitative estimate of drug-likeness (QED) is 0.283. The predicted molar refractivity (Wildman–Crippen MR) is 158 cm³/mol. The SMILES string of the molecule is COc1ccc(Cn2c(-c3ccc(F)cc3)nc3sc(N4CCCC4C(=O)NCc4ccccc4)nc3c2=O)cc1. The molecule has 1 atom stereocenters. The summed E-state index contributed by atoms with van der Waals surface area (Å²) in [5, 5.41) is 3.63. The number of nitrogens with zero attached hydrogens (tertiary/aromatic N) is 4. The van der Waals surface area contributed by atoms with E-state index in [4.69, 9.17) is 14.7 Å². The molecule has 1 N–H and O–H groups in total. The summed E-state index contributed by atoms with van der Waals surface area (Å²) in [6.07, 6.45) is 1.54. The lowest BCUT2D eigenvalue weighted by Crippen LogP contribution is -2.43. The highest BCUT2D eigenvalue weighted by molar-refractivity contribution is 7.21. The highest BCUT2D eigenvalue weighted by Gasteiger charge is 2.33. The second-order valence-electron chi connectivity index (χ2n) is 9.89. The van der Waals surface area contributed by atoms with Crippen LogP contribution in [0.15, 0.2) is 83.7 Å². The average molecular weight is 570 g/mol. The van der Waals surface area contributed by atoms with Crippen LogP contribution in [-0.2, 0) is 17.9 Å². The van der Waals surface area contributed by atoms with Crippen LogP contribution in [-0.4, -0.2) is 40.1 Å². The number of benzene rings is 3. The largest absolute Gasteiger partial charge is 0.497 e. The molecule has 1 aliphatic rings. The number of ether oxygens (including phenoxy) is 1. The van der Waals surface area contributed by atoms with Crippen LogP contribution in [0.3, 0.4) is 0 Å². The molecular weight excluding hydrogens is 541 g/mol. The summed E-state index contributed by atoms with van der Waals surface area (Å²) in [4.78, 5) is 39.1. The first-order chi connectivity index (χ1) is 20.0. The van der Waals surface area contributed by atoms with Crippen molar-refractivity contribution in [1.29, 1.82) is 0 Å². The number of thiazole rings is 1. The van der Waals surface area contributed by atoms with Crippen LogP contribution in [0.5, 0.6) is 5.75 Å². The molecule has 3 aromatic carbocycles. The molecule has 1 aliphatic heterocycles. The van der Waals surface area contributed by atoms with Crippen LogP contribution in [0, 0.1) is 5.82 Å². The molecule has 10 heteroatoms. The van der Waals surface area contributed by atoms with Crippen molar-refractivity contribution in [2.24, 2.45) is 0 Å². The molecule has 3 heterocycles. The van der Waals surface area contributed by atoms with E-state index in [0.717, 1.165) is 17.5 Å². The molecular formula is C31H28FN5O3S. The minimum atomic E-state index is -0.377. The Balaban J connectivity index is 1.35. The van der Waals surface area contributed by atoms with Gasteiger partial charge in [0.1, 0.15) is 23.4 Å². The molecule has 0 saturated carbocycles. The smallest absolute Gasteiger partial charge is 0.281 e. The zero-order chi connectivity index (χ0) is 28.3. The van der Waals surface area contributed by atoms with E-state index in [1.807, 2.05) is 59.5 Å². The number of amides is 1. The summed E-state index contributed by atoms with van der Waals surface area (Å²) in [5.74, 6) is 0.699. The zero-order valence-electron chi connectivity index (χ0n) is 22.4. The van der Waals surface area contributed by atoms with Gasteiger partial charge in [-0.25, -0.2) is 14.4 Å². The van der Waals surface area contributed by atoms with Gasteiger partial charge < -0.3 is 15.0 Å². The second kappa shape index (κ2) is 11.5. The average Bonchev–Trinajstić information content (AvgIpc) is 3.66. The van der Waals surface area contributed by atoms with Gasteiger partial charge in [-0.15, -0.1) is 0 Å². The van der Waals surface area contributed by atoms with Crippen LogP contribution < -0.4 is 20.5 Å². The van der Waals surface area contributed by atoms with Gasteiger partial charge in [-0.3, -0.25) is 14.2 Å². The molecule has 5 aromatic rings. The minimum Gasteiger partial charge on any atom is -0.497 e. The molecule has 0 bridgehead atoms. The number of anilines is 1. The fourth-order valence-corrected chi connectivity index (χ4v) is 6.08. The molecule has 1 amide bonds. The second-order valence-corrected chi connectivity index (χ2v) is 10.8. The Morgan fingerprint density at radius 2 is 1.78 bits per heavy atom. The van der Waals surface area contributed by atoms with Crippen LogP contribution >= 0.6 is 11.3 Å². The highest BCUT2D eigenvalue weighted by atomic mass is 32.1. The molecule has 208 valence electrons. The number of halogens is 1. The van der Waals surface area contributed by atoms with Crippen LogP contribution in [0.2, 0.25) is 0 Å². The summed E-state index contributed by atoms with van der Waals surface area (Å²) >= 11 is 1.30. The molecule has 0 spiro atoms. The Morgan fingerprint density at radius 1 is 1.02 bits per heavy atom. The molecule has 1 fully saturated rings. The molecule has 8 nitrogen and oxygen atoms in total. The third kappa shape index (κ3) is 5.55. The van der Waals surface area contributed by atoms with E-state index < -0.39 is 0 Å². The Morgan fingerprint density at radius 3 is 2.51 bits per heavy atom. The maximum absolute atomic E-state index is 13.9. The van der Waals surface area contributed by atoms with Crippen molar-refractivity contribution < 1.29 is 13.9 Å². The molecule has 1 saturated heterocycles. The van der Waals surface area contributed by atoms with Crippen molar-refractivity contribution in [3.8, 4) is 17.1 Å². The van der Waals surface area contributed by atoms with Crippen LogP contribution in [0.4, 0.5) is 9.52 Å². The summed E-state index contributed by atoms with van der Waals surface area (Å²) in [7, 11) is 1.60. The van der Waals surface area contributed by atoms with Crippen molar-refractivity contribution in [3.63, 3.8) is 0 Å². The predicted octanol–water partition coefficient (Wildman–Crippen LogP) is 5.00. The molecule has 0 radical (unpaired) electrons. The van der Waals surface area contributed by atoms with E-state index in [-0.39, 0.29) is 35.4 Å². The fourth-order valence-electron chi connectivity index (χ4n) is 5.07. The van der Waals surface area contributed by atoms with Gasteiger partial charge in [-0.1, -0.05) is 53.8 Å². The van der Waals surface area contributed by atoms with Gasteiger partial charge in [-0.2, -0.15) is 0 Å². The van der Waals surface area contributed by atoms with E-state index in [1.165, 1.54) is 23.5 Å². The lowest BCUT2D eigenvalue weighted by atomic mass is 10.1. The number of methoxy groups -OCH3 is 1.